The monoisotopic (exact) mass is 427 g/mol. The molecule has 1 aliphatic heterocycles. The number of para-hydroxylation sites is 1. The number of carbonyl (C=O) groups is 1. The Morgan fingerprint density at radius 1 is 1.09 bits per heavy atom. The highest BCUT2D eigenvalue weighted by Gasteiger charge is 2.28. The molecule has 2 aromatic heterocycles. The summed E-state index contributed by atoms with van der Waals surface area (Å²) in [4.78, 5) is 21.5. The predicted molar refractivity (Wildman–Crippen MR) is 122 cm³/mol. The van der Waals surface area contributed by atoms with Crippen LogP contribution in [0.4, 0.5) is 11.6 Å². The summed E-state index contributed by atoms with van der Waals surface area (Å²) >= 11 is 0. The molecule has 1 N–H and O–H groups in total. The van der Waals surface area contributed by atoms with E-state index in [-0.39, 0.29) is 5.91 Å². The molecule has 0 radical (unpaired) electrons. The maximum atomic E-state index is 12.8. The van der Waals surface area contributed by atoms with Crippen LogP contribution in [-0.2, 0) is 4.79 Å². The SMILES string of the molecule is N#Cc1ccnc(N2CCN(CC(=O)Nc3cc(C4CC4)nn3-c3ccccc3)CC2)c1. The second-order valence-corrected chi connectivity index (χ2v) is 8.30. The third kappa shape index (κ3) is 4.48. The van der Waals surface area contributed by atoms with E-state index in [0.29, 0.717) is 18.0 Å². The van der Waals surface area contributed by atoms with Gasteiger partial charge in [0.25, 0.3) is 0 Å². The van der Waals surface area contributed by atoms with Crippen molar-refractivity contribution in [1.29, 1.82) is 5.26 Å². The van der Waals surface area contributed by atoms with Crippen LogP contribution in [0.5, 0.6) is 0 Å². The van der Waals surface area contributed by atoms with E-state index in [1.807, 2.05) is 47.1 Å². The summed E-state index contributed by atoms with van der Waals surface area (Å²) in [6.45, 7) is 3.39. The summed E-state index contributed by atoms with van der Waals surface area (Å²) in [6, 6.07) is 17.6. The van der Waals surface area contributed by atoms with Crippen molar-refractivity contribution < 1.29 is 4.79 Å². The number of benzene rings is 1. The molecule has 3 heterocycles. The lowest BCUT2D eigenvalue weighted by Crippen LogP contribution is -2.49. The van der Waals surface area contributed by atoms with E-state index in [9.17, 15) is 4.79 Å². The topological polar surface area (TPSA) is 90.1 Å². The molecular weight excluding hydrogens is 402 g/mol. The van der Waals surface area contributed by atoms with Crippen LogP contribution < -0.4 is 10.2 Å². The number of anilines is 2. The van der Waals surface area contributed by atoms with Crippen LogP contribution in [0.25, 0.3) is 5.69 Å². The average Bonchev–Trinajstić information content (AvgIpc) is 3.60. The van der Waals surface area contributed by atoms with Crippen molar-refractivity contribution in [2.75, 3.05) is 42.9 Å². The van der Waals surface area contributed by atoms with Gasteiger partial charge in [0.15, 0.2) is 0 Å². The lowest BCUT2D eigenvalue weighted by Gasteiger charge is -2.35. The van der Waals surface area contributed by atoms with E-state index in [1.165, 1.54) is 0 Å². The maximum absolute atomic E-state index is 12.8. The van der Waals surface area contributed by atoms with Crippen LogP contribution in [0.2, 0.25) is 0 Å². The van der Waals surface area contributed by atoms with Crippen LogP contribution in [0.1, 0.15) is 30.0 Å². The van der Waals surface area contributed by atoms with Crippen molar-refractivity contribution in [3.05, 3.63) is 66.0 Å². The Balaban J connectivity index is 1.21. The van der Waals surface area contributed by atoms with Gasteiger partial charge in [-0.05, 0) is 37.1 Å². The number of carbonyl (C=O) groups excluding carboxylic acids is 1. The minimum absolute atomic E-state index is 0.0394. The molecule has 3 aromatic rings. The van der Waals surface area contributed by atoms with Gasteiger partial charge in [-0.25, -0.2) is 9.67 Å². The number of nitriles is 1. The minimum Gasteiger partial charge on any atom is -0.354 e. The van der Waals surface area contributed by atoms with E-state index in [4.69, 9.17) is 10.4 Å². The number of nitrogens with one attached hydrogen (secondary N) is 1. The van der Waals surface area contributed by atoms with Gasteiger partial charge in [0.05, 0.1) is 29.6 Å². The summed E-state index contributed by atoms with van der Waals surface area (Å²) in [7, 11) is 0. The fourth-order valence-corrected chi connectivity index (χ4v) is 4.01. The fraction of sp³-hybridized carbons (Fsp3) is 0.333. The molecule has 1 amide bonds. The number of nitrogens with zero attached hydrogens (tertiary/aromatic N) is 6. The molecule has 0 bridgehead atoms. The molecule has 0 spiro atoms. The molecule has 5 rings (SSSR count). The van der Waals surface area contributed by atoms with Gasteiger partial charge >= 0.3 is 0 Å². The Morgan fingerprint density at radius 3 is 2.59 bits per heavy atom. The highest BCUT2D eigenvalue weighted by Crippen LogP contribution is 2.40. The smallest absolute Gasteiger partial charge is 0.239 e. The lowest BCUT2D eigenvalue weighted by atomic mass is 10.2. The predicted octanol–water partition coefficient (Wildman–Crippen LogP) is 2.78. The van der Waals surface area contributed by atoms with Crippen molar-refractivity contribution in [3.63, 3.8) is 0 Å². The van der Waals surface area contributed by atoms with Crippen molar-refractivity contribution in [2.45, 2.75) is 18.8 Å². The van der Waals surface area contributed by atoms with Gasteiger partial charge in [0.1, 0.15) is 11.6 Å². The molecule has 1 saturated heterocycles. The number of amides is 1. The fourth-order valence-electron chi connectivity index (χ4n) is 4.01. The Morgan fingerprint density at radius 2 is 1.88 bits per heavy atom. The molecule has 162 valence electrons. The molecule has 0 atom stereocenters. The molecule has 2 fully saturated rings. The second-order valence-electron chi connectivity index (χ2n) is 8.30. The van der Waals surface area contributed by atoms with Gasteiger partial charge < -0.3 is 10.2 Å². The molecule has 1 saturated carbocycles. The van der Waals surface area contributed by atoms with E-state index >= 15 is 0 Å². The highest BCUT2D eigenvalue weighted by molar-refractivity contribution is 5.91. The van der Waals surface area contributed by atoms with Crippen molar-refractivity contribution in [2.24, 2.45) is 0 Å². The van der Waals surface area contributed by atoms with Gasteiger partial charge in [-0.1, -0.05) is 18.2 Å². The number of rotatable bonds is 6. The van der Waals surface area contributed by atoms with Crippen molar-refractivity contribution in [1.82, 2.24) is 19.7 Å². The zero-order valence-corrected chi connectivity index (χ0v) is 17.8. The third-order valence-electron chi connectivity index (χ3n) is 5.93. The lowest BCUT2D eigenvalue weighted by molar-refractivity contribution is -0.117. The number of aromatic nitrogens is 3. The van der Waals surface area contributed by atoms with Crippen LogP contribution in [0.15, 0.2) is 54.7 Å². The summed E-state index contributed by atoms with van der Waals surface area (Å²) < 4.78 is 1.83. The van der Waals surface area contributed by atoms with Gasteiger partial charge in [-0.2, -0.15) is 10.4 Å². The van der Waals surface area contributed by atoms with Crippen molar-refractivity contribution in [3.8, 4) is 11.8 Å². The third-order valence-corrected chi connectivity index (χ3v) is 5.93. The molecule has 1 aromatic carbocycles. The quantitative estimate of drug-likeness (QED) is 0.651. The Hall–Kier alpha value is -3.70. The standard InChI is InChI=1S/C24H25N7O/c25-16-18-8-9-26-22(14-18)30-12-10-29(11-13-30)17-24(32)27-23-15-21(19-6-7-19)28-31(23)20-4-2-1-3-5-20/h1-5,8-9,14-15,19H,6-7,10-13,17H2,(H,27,32). The summed E-state index contributed by atoms with van der Waals surface area (Å²) in [6.07, 6.45) is 3.99. The molecule has 0 unspecified atom stereocenters. The number of hydrogen-bond acceptors (Lipinski definition) is 6. The minimum atomic E-state index is -0.0394. The van der Waals surface area contributed by atoms with Gasteiger partial charge in [-0.15, -0.1) is 0 Å². The molecular formula is C24H25N7O. The Labute approximate surface area is 187 Å². The summed E-state index contributed by atoms with van der Waals surface area (Å²) in [5.74, 6) is 2.01. The number of hydrogen-bond donors (Lipinski definition) is 1. The zero-order valence-electron chi connectivity index (χ0n) is 17.8. The van der Waals surface area contributed by atoms with Crippen LogP contribution in [0.3, 0.4) is 0 Å². The molecule has 32 heavy (non-hydrogen) atoms. The first kappa shape index (κ1) is 20.2. The Bertz CT molecular complexity index is 1140. The van der Waals surface area contributed by atoms with E-state index < -0.39 is 0 Å². The molecule has 8 heteroatoms. The molecule has 8 nitrogen and oxygen atoms in total. The van der Waals surface area contributed by atoms with Gasteiger partial charge in [-0.3, -0.25) is 9.69 Å². The van der Waals surface area contributed by atoms with Gasteiger partial charge in [0, 0.05) is 44.4 Å². The molecule has 1 aliphatic carbocycles. The van der Waals surface area contributed by atoms with Gasteiger partial charge in [0.2, 0.25) is 5.91 Å². The summed E-state index contributed by atoms with van der Waals surface area (Å²) in [5, 5.41) is 16.9. The first-order valence-electron chi connectivity index (χ1n) is 11.0. The first-order valence-corrected chi connectivity index (χ1v) is 11.0. The first-order chi connectivity index (χ1) is 15.7. The van der Waals surface area contributed by atoms with Crippen LogP contribution >= 0.6 is 0 Å². The largest absolute Gasteiger partial charge is 0.354 e. The van der Waals surface area contributed by atoms with Crippen LogP contribution in [-0.4, -0.2) is 58.3 Å². The van der Waals surface area contributed by atoms with E-state index in [2.05, 4.69) is 26.2 Å². The molecule has 2 aliphatic rings. The van der Waals surface area contributed by atoms with E-state index in [0.717, 1.165) is 62.0 Å². The van der Waals surface area contributed by atoms with Crippen LogP contribution in [0, 0.1) is 11.3 Å². The number of pyridine rings is 1. The second kappa shape index (κ2) is 8.81. The Kier molecular flexibility index (Phi) is 5.57. The maximum Gasteiger partial charge on any atom is 0.239 e. The average molecular weight is 428 g/mol. The number of piperazine rings is 1. The van der Waals surface area contributed by atoms with E-state index in [1.54, 1.807) is 12.3 Å². The summed E-state index contributed by atoms with van der Waals surface area (Å²) in [5.41, 5.74) is 2.60. The highest BCUT2D eigenvalue weighted by atomic mass is 16.2. The van der Waals surface area contributed by atoms with Crippen molar-refractivity contribution >= 4 is 17.5 Å². The zero-order chi connectivity index (χ0) is 21.9. The normalized spacial score (nSPS) is 16.5.